The molecule has 0 aliphatic carbocycles. The molecule has 2 N–H and O–H groups in total. The van der Waals surface area contributed by atoms with Gasteiger partial charge >= 0.3 is 0 Å². The molecule has 0 unspecified atom stereocenters. The zero-order valence-electron chi connectivity index (χ0n) is 16.7. The van der Waals surface area contributed by atoms with Crippen LogP contribution >= 0.6 is 0 Å². The molecule has 4 rings (SSSR count). The molecule has 2 aliphatic rings. The van der Waals surface area contributed by atoms with Crippen molar-refractivity contribution in [1.82, 2.24) is 0 Å². The van der Waals surface area contributed by atoms with Crippen molar-refractivity contribution < 1.29 is 29.4 Å². The fraction of sp³-hybridized carbons (Fsp3) is 0.130. The minimum Gasteiger partial charge on any atom is -0.506 e. The molecule has 0 saturated carbocycles. The molecule has 0 atom stereocenters. The Labute approximate surface area is 177 Å². The molecule has 0 bridgehead atoms. The lowest BCUT2D eigenvalue weighted by molar-refractivity contribution is -0.121. The van der Waals surface area contributed by atoms with Crippen molar-refractivity contribution in [3.8, 4) is 11.5 Å². The number of imide groups is 2. The summed E-state index contributed by atoms with van der Waals surface area (Å²) in [5.41, 5.74) is 0.671. The van der Waals surface area contributed by atoms with E-state index in [-0.39, 0.29) is 22.9 Å². The van der Waals surface area contributed by atoms with Crippen LogP contribution in [0.4, 0.5) is 11.4 Å². The summed E-state index contributed by atoms with van der Waals surface area (Å²) in [4.78, 5) is 50.0. The number of hydrogen-bond acceptors (Lipinski definition) is 6. The van der Waals surface area contributed by atoms with E-state index in [9.17, 15) is 29.4 Å². The van der Waals surface area contributed by atoms with Crippen LogP contribution in [0.15, 0.2) is 60.7 Å². The number of carbonyl (C=O) groups excluding carboxylic acids is 4. The van der Waals surface area contributed by atoms with Gasteiger partial charge in [0.1, 0.15) is 11.5 Å². The number of nitrogens with zero attached hydrogens (tertiary/aromatic N) is 2. The van der Waals surface area contributed by atoms with Crippen LogP contribution in [0.5, 0.6) is 11.5 Å². The maximum atomic E-state index is 12.1. The highest BCUT2D eigenvalue weighted by molar-refractivity contribution is 6.29. The quantitative estimate of drug-likeness (QED) is 0.736. The first-order valence-corrected chi connectivity index (χ1v) is 9.40. The molecule has 0 spiro atoms. The van der Waals surface area contributed by atoms with Gasteiger partial charge in [-0.05, 0) is 35.4 Å². The van der Waals surface area contributed by atoms with Gasteiger partial charge in [0.25, 0.3) is 23.6 Å². The Morgan fingerprint density at radius 1 is 0.613 bits per heavy atom. The average Bonchev–Trinajstić information content (AvgIpc) is 3.23. The molecule has 8 heteroatoms. The number of phenolic OH excluding ortho intramolecular Hbond substituents is 2. The van der Waals surface area contributed by atoms with Crippen LogP contribution in [0.3, 0.4) is 0 Å². The first-order valence-electron chi connectivity index (χ1n) is 9.40. The van der Waals surface area contributed by atoms with Crippen LogP contribution in [0, 0.1) is 0 Å². The van der Waals surface area contributed by atoms with Gasteiger partial charge in [0, 0.05) is 29.7 Å². The van der Waals surface area contributed by atoms with E-state index in [0.29, 0.717) is 11.1 Å². The Balaban J connectivity index is 1.78. The zero-order valence-corrected chi connectivity index (χ0v) is 16.7. The Morgan fingerprint density at radius 3 is 1.26 bits per heavy atom. The van der Waals surface area contributed by atoms with Crippen molar-refractivity contribution in [1.29, 1.82) is 0 Å². The Hall–Kier alpha value is -4.20. The normalized spacial score (nSPS) is 16.2. The number of hydrogen-bond donors (Lipinski definition) is 2. The van der Waals surface area contributed by atoms with Crippen LogP contribution in [-0.2, 0) is 24.6 Å². The third kappa shape index (κ3) is 3.18. The first kappa shape index (κ1) is 20.1. The van der Waals surface area contributed by atoms with E-state index in [1.165, 1.54) is 12.1 Å². The molecule has 31 heavy (non-hydrogen) atoms. The predicted molar refractivity (Wildman–Crippen MR) is 112 cm³/mol. The molecule has 0 fully saturated rings. The molecule has 0 saturated heterocycles. The molecule has 2 aliphatic heterocycles. The van der Waals surface area contributed by atoms with Crippen molar-refractivity contribution >= 4 is 35.0 Å². The molecule has 2 heterocycles. The highest BCUT2D eigenvalue weighted by Gasteiger charge is 2.32. The molecular weight excluding hydrogens is 400 g/mol. The number of benzene rings is 2. The summed E-state index contributed by atoms with van der Waals surface area (Å²) in [7, 11) is 0. The van der Waals surface area contributed by atoms with Crippen LogP contribution < -0.4 is 9.80 Å². The van der Waals surface area contributed by atoms with E-state index in [2.05, 4.69) is 0 Å². The predicted octanol–water partition coefficient (Wildman–Crippen LogP) is 2.28. The number of phenols is 2. The summed E-state index contributed by atoms with van der Waals surface area (Å²) < 4.78 is 0. The smallest absolute Gasteiger partial charge is 0.258 e. The minimum atomic E-state index is -0.747. The fourth-order valence-corrected chi connectivity index (χ4v) is 3.62. The van der Waals surface area contributed by atoms with Crippen molar-refractivity contribution in [3.63, 3.8) is 0 Å². The lowest BCUT2D eigenvalue weighted by atomic mass is 9.77. The third-order valence-electron chi connectivity index (χ3n) is 5.49. The van der Waals surface area contributed by atoms with Gasteiger partial charge in [0.05, 0.1) is 11.4 Å². The van der Waals surface area contributed by atoms with Gasteiger partial charge in [0.15, 0.2) is 0 Å². The van der Waals surface area contributed by atoms with Crippen molar-refractivity contribution in [2.45, 2.75) is 19.3 Å². The largest absolute Gasteiger partial charge is 0.506 e. The second kappa shape index (κ2) is 6.94. The Morgan fingerprint density at radius 2 is 0.935 bits per heavy atom. The minimum absolute atomic E-state index is 0.0543. The van der Waals surface area contributed by atoms with E-state index in [4.69, 9.17) is 0 Å². The first-order chi connectivity index (χ1) is 14.6. The van der Waals surface area contributed by atoms with E-state index < -0.39 is 29.0 Å². The zero-order chi connectivity index (χ0) is 22.5. The fourth-order valence-electron chi connectivity index (χ4n) is 3.62. The summed E-state index contributed by atoms with van der Waals surface area (Å²) >= 11 is 0. The number of amides is 4. The average molecular weight is 418 g/mol. The third-order valence-corrected chi connectivity index (χ3v) is 5.49. The molecular formula is C23H18N2O6. The summed E-state index contributed by atoms with van der Waals surface area (Å²) in [5, 5.41) is 20.5. The maximum absolute atomic E-state index is 12.1. The number of carbonyl (C=O) groups is 4. The Kier molecular flexibility index (Phi) is 4.50. The second-order valence-electron chi connectivity index (χ2n) is 7.72. The standard InChI is InChI=1S/C23H18N2O6/c1-23(2,13-3-5-17(26)15(11-13)24-19(28)7-8-20(24)29)14-4-6-18(27)16(12-14)25-21(30)9-10-22(25)31/h3-12,26-27H,1-2H3. The van der Waals surface area contributed by atoms with Gasteiger partial charge in [-0.25, -0.2) is 9.80 Å². The van der Waals surface area contributed by atoms with Crippen LogP contribution in [-0.4, -0.2) is 33.8 Å². The summed E-state index contributed by atoms with van der Waals surface area (Å²) in [6.07, 6.45) is 4.52. The van der Waals surface area contributed by atoms with Gasteiger partial charge in [-0.3, -0.25) is 19.2 Å². The van der Waals surface area contributed by atoms with Gasteiger partial charge in [0.2, 0.25) is 0 Å². The number of anilines is 2. The lowest BCUT2D eigenvalue weighted by Crippen LogP contribution is -2.31. The van der Waals surface area contributed by atoms with E-state index in [0.717, 1.165) is 34.1 Å². The van der Waals surface area contributed by atoms with Crippen LogP contribution in [0.25, 0.3) is 0 Å². The molecule has 2 aromatic carbocycles. The highest BCUT2D eigenvalue weighted by Crippen LogP contribution is 2.41. The second-order valence-corrected chi connectivity index (χ2v) is 7.72. The highest BCUT2D eigenvalue weighted by atomic mass is 16.3. The van der Waals surface area contributed by atoms with Crippen LogP contribution in [0.2, 0.25) is 0 Å². The van der Waals surface area contributed by atoms with Crippen molar-refractivity contribution in [2.24, 2.45) is 0 Å². The van der Waals surface area contributed by atoms with E-state index >= 15 is 0 Å². The molecule has 4 amide bonds. The van der Waals surface area contributed by atoms with Crippen LogP contribution in [0.1, 0.15) is 25.0 Å². The summed E-state index contributed by atoms with van der Waals surface area (Å²) in [6.45, 7) is 3.72. The molecule has 0 radical (unpaired) electrons. The summed E-state index contributed by atoms with van der Waals surface area (Å²) in [5.74, 6) is -2.67. The molecule has 0 aromatic heterocycles. The van der Waals surface area contributed by atoms with Gasteiger partial charge in [-0.2, -0.15) is 0 Å². The number of rotatable bonds is 4. The van der Waals surface area contributed by atoms with E-state index in [1.54, 1.807) is 24.3 Å². The van der Waals surface area contributed by atoms with Gasteiger partial charge in [-0.15, -0.1) is 0 Å². The lowest BCUT2D eigenvalue weighted by Gasteiger charge is -2.29. The molecule has 156 valence electrons. The van der Waals surface area contributed by atoms with Gasteiger partial charge < -0.3 is 10.2 Å². The maximum Gasteiger partial charge on any atom is 0.258 e. The Bertz CT molecular complexity index is 1100. The van der Waals surface area contributed by atoms with E-state index in [1.807, 2.05) is 13.8 Å². The topological polar surface area (TPSA) is 115 Å². The van der Waals surface area contributed by atoms with Gasteiger partial charge in [-0.1, -0.05) is 26.0 Å². The molecule has 2 aromatic rings. The SMILES string of the molecule is CC(C)(c1ccc(O)c(N2C(=O)C=CC2=O)c1)c1ccc(O)c(N2C(=O)C=CC2=O)c1. The van der Waals surface area contributed by atoms with Crippen molar-refractivity contribution in [3.05, 3.63) is 71.8 Å². The van der Waals surface area contributed by atoms with Crippen molar-refractivity contribution in [2.75, 3.05) is 9.80 Å². The number of aromatic hydroxyl groups is 2. The monoisotopic (exact) mass is 418 g/mol. The molecule has 8 nitrogen and oxygen atoms in total. The summed E-state index contributed by atoms with van der Waals surface area (Å²) in [6, 6.07) is 9.17.